The summed E-state index contributed by atoms with van der Waals surface area (Å²) in [5, 5.41) is 9.11. The summed E-state index contributed by atoms with van der Waals surface area (Å²) in [4.78, 5) is 43.9. The molecular formula is C28H37F3N4O5. The molecule has 220 valence electrons. The Hall–Kier alpha value is -3.02. The van der Waals surface area contributed by atoms with Crippen LogP contribution < -0.4 is 0 Å². The Morgan fingerprint density at radius 2 is 1.52 bits per heavy atom. The van der Waals surface area contributed by atoms with Gasteiger partial charge in [0.1, 0.15) is 5.60 Å². The Bertz CT molecular complexity index is 1070. The molecule has 1 saturated carbocycles. The number of rotatable bonds is 5. The van der Waals surface area contributed by atoms with Crippen molar-refractivity contribution in [3.63, 3.8) is 0 Å². The van der Waals surface area contributed by atoms with Crippen LogP contribution in [0.2, 0.25) is 0 Å². The highest BCUT2D eigenvalue weighted by atomic mass is 19.4. The summed E-state index contributed by atoms with van der Waals surface area (Å²) < 4.78 is 44.4. The molecular weight excluding hydrogens is 529 g/mol. The number of benzene rings is 1. The molecule has 9 nitrogen and oxygen atoms in total. The van der Waals surface area contributed by atoms with Crippen molar-refractivity contribution < 1.29 is 37.4 Å². The van der Waals surface area contributed by atoms with E-state index in [1.165, 1.54) is 17.0 Å². The van der Waals surface area contributed by atoms with Crippen LogP contribution in [0.25, 0.3) is 0 Å². The fraction of sp³-hybridized carbons (Fsp3) is 0.679. The lowest BCUT2D eigenvalue weighted by Crippen LogP contribution is -2.52. The fourth-order valence-electron chi connectivity index (χ4n) is 6.55. The van der Waals surface area contributed by atoms with E-state index in [0.29, 0.717) is 77.7 Å². The normalized spacial score (nSPS) is 25.8. The largest absolute Gasteiger partial charge is 0.465 e. The van der Waals surface area contributed by atoms with Crippen molar-refractivity contribution in [2.45, 2.75) is 56.8 Å². The Morgan fingerprint density at radius 3 is 2.10 bits per heavy atom. The summed E-state index contributed by atoms with van der Waals surface area (Å²) in [6, 6.07) is 5.27. The number of amides is 3. The Kier molecular flexibility index (Phi) is 8.17. The fourth-order valence-corrected chi connectivity index (χ4v) is 6.55. The van der Waals surface area contributed by atoms with E-state index in [-0.39, 0.29) is 17.9 Å². The second-order valence-corrected chi connectivity index (χ2v) is 11.7. The monoisotopic (exact) mass is 566 g/mol. The predicted molar refractivity (Wildman–Crippen MR) is 138 cm³/mol. The third kappa shape index (κ3) is 6.47. The van der Waals surface area contributed by atoms with Gasteiger partial charge in [0.2, 0.25) is 5.91 Å². The first kappa shape index (κ1) is 28.5. The smallest absolute Gasteiger partial charge is 0.416 e. The molecule has 0 aromatic heterocycles. The Balaban J connectivity index is 1.04. The molecule has 0 bridgehead atoms. The van der Waals surface area contributed by atoms with Gasteiger partial charge in [0, 0.05) is 71.1 Å². The maximum atomic E-state index is 13.0. The van der Waals surface area contributed by atoms with Crippen LogP contribution in [0.3, 0.4) is 0 Å². The quantitative estimate of drug-likeness (QED) is 0.577. The minimum Gasteiger partial charge on any atom is -0.465 e. The van der Waals surface area contributed by atoms with Crippen molar-refractivity contribution in [2.24, 2.45) is 11.8 Å². The zero-order chi connectivity index (χ0) is 28.5. The molecule has 12 heteroatoms. The van der Waals surface area contributed by atoms with Gasteiger partial charge in [0.25, 0.3) is 0 Å². The van der Waals surface area contributed by atoms with Gasteiger partial charge in [-0.2, -0.15) is 13.2 Å². The summed E-state index contributed by atoms with van der Waals surface area (Å²) in [5.41, 5.74) is -0.340. The summed E-state index contributed by atoms with van der Waals surface area (Å²) >= 11 is 0. The van der Waals surface area contributed by atoms with E-state index in [4.69, 9.17) is 9.84 Å². The second kappa shape index (κ2) is 11.5. The van der Waals surface area contributed by atoms with Crippen molar-refractivity contribution in [2.75, 3.05) is 52.4 Å². The summed E-state index contributed by atoms with van der Waals surface area (Å²) in [6.07, 6.45) is -0.925. The predicted octanol–water partition coefficient (Wildman–Crippen LogP) is 4.12. The molecule has 3 amide bonds. The SMILES string of the molecule is O=C(O)N1CCN(C(=O)C2CCC(CN3CC4(CCN(Cc5ccc(C(F)(F)F)cc5)CC4)OC3=O)CC2)CC1. The molecule has 1 aromatic carbocycles. The minimum atomic E-state index is -4.34. The van der Waals surface area contributed by atoms with Gasteiger partial charge in [-0.05, 0) is 49.3 Å². The molecule has 3 saturated heterocycles. The zero-order valence-corrected chi connectivity index (χ0v) is 22.6. The van der Waals surface area contributed by atoms with Crippen molar-refractivity contribution >= 4 is 18.1 Å². The van der Waals surface area contributed by atoms with Gasteiger partial charge in [0.15, 0.2) is 0 Å². The molecule has 1 spiro atoms. The number of hydrogen-bond donors (Lipinski definition) is 1. The van der Waals surface area contributed by atoms with Gasteiger partial charge in [0.05, 0.1) is 12.1 Å². The number of carbonyl (C=O) groups excluding carboxylic acids is 2. The van der Waals surface area contributed by atoms with Gasteiger partial charge < -0.3 is 24.5 Å². The number of likely N-dealkylation sites (tertiary alicyclic amines) is 1. The van der Waals surface area contributed by atoms with E-state index < -0.39 is 23.4 Å². The molecule has 4 fully saturated rings. The summed E-state index contributed by atoms with van der Waals surface area (Å²) in [6.45, 7) is 4.71. The number of halogens is 3. The summed E-state index contributed by atoms with van der Waals surface area (Å²) in [7, 11) is 0. The third-order valence-corrected chi connectivity index (χ3v) is 9.03. The van der Waals surface area contributed by atoms with E-state index in [0.717, 1.165) is 43.4 Å². The van der Waals surface area contributed by atoms with Crippen LogP contribution in [0.4, 0.5) is 22.8 Å². The average Bonchev–Trinajstić information content (AvgIpc) is 3.24. The molecule has 40 heavy (non-hydrogen) atoms. The van der Waals surface area contributed by atoms with Crippen LogP contribution in [0.15, 0.2) is 24.3 Å². The maximum Gasteiger partial charge on any atom is 0.416 e. The van der Waals surface area contributed by atoms with Crippen LogP contribution >= 0.6 is 0 Å². The molecule has 0 radical (unpaired) electrons. The molecule has 5 rings (SSSR count). The topological polar surface area (TPSA) is 93.6 Å². The first-order valence-corrected chi connectivity index (χ1v) is 14.1. The minimum absolute atomic E-state index is 0.0431. The third-order valence-electron chi connectivity index (χ3n) is 9.03. The Morgan fingerprint density at radius 1 is 0.925 bits per heavy atom. The van der Waals surface area contributed by atoms with Crippen LogP contribution in [0.5, 0.6) is 0 Å². The molecule has 0 unspecified atom stereocenters. The van der Waals surface area contributed by atoms with E-state index in [1.807, 2.05) is 4.90 Å². The molecule has 0 atom stereocenters. The first-order chi connectivity index (χ1) is 19.0. The lowest BCUT2D eigenvalue weighted by Gasteiger charge is -2.38. The number of piperazine rings is 1. The van der Waals surface area contributed by atoms with Crippen molar-refractivity contribution in [1.29, 1.82) is 0 Å². The van der Waals surface area contributed by atoms with Crippen molar-refractivity contribution in [3.05, 3.63) is 35.4 Å². The number of piperidine rings is 1. The van der Waals surface area contributed by atoms with Gasteiger partial charge >= 0.3 is 18.4 Å². The van der Waals surface area contributed by atoms with Gasteiger partial charge in [-0.3, -0.25) is 9.69 Å². The van der Waals surface area contributed by atoms with Crippen LogP contribution in [-0.4, -0.2) is 101 Å². The first-order valence-electron chi connectivity index (χ1n) is 14.1. The molecule has 1 N–H and O–H groups in total. The van der Waals surface area contributed by atoms with E-state index in [9.17, 15) is 27.6 Å². The average molecular weight is 567 g/mol. The van der Waals surface area contributed by atoms with Crippen LogP contribution in [-0.2, 0) is 22.3 Å². The highest BCUT2D eigenvalue weighted by Gasteiger charge is 2.47. The van der Waals surface area contributed by atoms with Crippen LogP contribution in [0, 0.1) is 11.8 Å². The highest BCUT2D eigenvalue weighted by molar-refractivity contribution is 5.79. The number of carboxylic acid groups (broad SMARTS) is 1. The highest BCUT2D eigenvalue weighted by Crippen LogP contribution is 2.37. The number of hydrogen-bond acceptors (Lipinski definition) is 5. The van der Waals surface area contributed by atoms with Crippen LogP contribution in [0.1, 0.15) is 49.7 Å². The number of nitrogens with zero attached hydrogens (tertiary/aromatic N) is 4. The number of alkyl halides is 3. The lowest BCUT2D eigenvalue weighted by atomic mass is 9.81. The van der Waals surface area contributed by atoms with Crippen molar-refractivity contribution in [1.82, 2.24) is 19.6 Å². The molecule has 4 aliphatic rings. The summed E-state index contributed by atoms with van der Waals surface area (Å²) in [5.74, 6) is 0.389. The second-order valence-electron chi connectivity index (χ2n) is 11.7. The van der Waals surface area contributed by atoms with Gasteiger partial charge in [-0.1, -0.05) is 12.1 Å². The van der Waals surface area contributed by atoms with E-state index in [2.05, 4.69) is 4.90 Å². The van der Waals surface area contributed by atoms with Gasteiger partial charge in [-0.15, -0.1) is 0 Å². The number of ether oxygens (including phenoxy) is 1. The lowest BCUT2D eigenvalue weighted by molar-refractivity contribution is -0.138. The molecule has 3 aliphatic heterocycles. The Labute approximate surface area is 231 Å². The molecule has 1 aliphatic carbocycles. The molecule has 3 heterocycles. The zero-order valence-electron chi connectivity index (χ0n) is 22.6. The standard InChI is InChI=1S/C28H37F3N4O5/c29-28(30,31)23-7-3-20(4-8-23)17-32-11-9-27(10-12-32)19-35(26(39)40-27)18-21-1-5-22(6-2-21)24(36)33-13-15-34(16-14-33)25(37)38/h3-4,7-8,21-22H,1-2,5-6,9-19H2,(H,37,38). The van der Waals surface area contributed by atoms with E-state index in [1.54, 1.807) is 4.90 Å². The maximum absolute atomic E-state index is 13.0. The van der Waals surface area contributed by atoms with Gasteiger partial charge in [-0.25, -0.2) is 9.59 Å². The number of carbonyl (C=O) groups is 3. The molecule has 1 aromatic rings. The van der Waals surface area contributed by atoms with E-state index >= 15 is 0 Å². The van der Waals surface area contributed by atoms with Crippen molar-refractivity contribution in [3.8, 4) is 0 Å².